The Hall–Kier alpha value is -1.87. The third kappa shape index (κ3) is 4.35. The molecule has 0 radical (unpaired) electrons. The van der Waals surface area contributed by atoms with Crippen molar-refractivity contribution in [1.29, 1.82) is 0 Å². The molecule has 1 aromatic carbocycles. The molecule has 1 aromatic rings. The summed E-state index contributed by atoms with van der Waals surface area (Å²) in [6, 6.07) is 4.15. The highest BCUT2D eigenvalue weighted by molar-refractivity contribution is 5.65. The fourth-order valence-corrected chi connectivity index (χ4v) is 1.81. The van der Waals surface area contributed by atoms with Gasteiger partial charge in [-0.25, -0.2) is 0 Å². The van der Waals surface area contributed by atoms with Crippen LogP contribution in [0.25, 0.3) is 0 Å². The first-order chi connectivity index (χ1) is 9.28. The second kappa shape index (κ2) is 6.53. The zero-order valence-corrected chi connectivity index (χ0v) is 10.8. The fourth-order valence-electron chi connectivity index (χ4n) is 1.81. The summed E-state index contributed by atoms with van der Waals surface area (Å²) in [6.07, 6.45) is -4.33. The predicted molar refractivity (Wildman–Crippen MR) is 67.9 cm³/mol. The molecule has 0 saturated heterocycles. The molecular weight excluding hydrogens is 277 g/mol. The quantitative estimate of drug-likeness (QED) is 0.477. The molecule has 0 atom stereocenters. The minimum atomic E-state index is -4.33. The number of nitro benzene ring substituents is 1. The average Bonchev–Trinajstić information content (AvgIpc) is 2.35. The van der Waals surface area contributed by atoms with Crippen LogP contribution >= 0.6 is 0 Å². The number of anilines is 1. The van der Waals surface area contributed by atoms with Crippen LogP contribution in [-0.2, 0) is 6.54 Å². The summed E-state index contributed by atoms with van der Waals surface area (Å²) in [5.41, 5.74) is 2.28. The third-order valence-electron chi connectivity index (χ3n) is 2.71. The number of nitrogen functional groups attached to an aromatic ring is 1. The molecule has 20 heavy (non-hydrogen) atoms. The molecule has 9 heteroatoms. The van der Waals surface area contributed by atoms with Gasteiger partial charge >= 0.3 is 6.18 Å². The van der Waals surface area contributed by atoms with Gasteiger partial charge in [-0.05, 0) is 12.1 Å². The van der Waals surface area contributed by atoms with Gasteiger partial charge in [0, 0.05) is 12.6 Å². The highest BCUT2D eigenvalue weighted by Crippen LogP contribution is 2.29. The normalized spacial score (nSPS) is 11.7. The van der Waals surface area contributed by atoms with Crippen LogP contribution in [0.15, 0.2) is 18.2 Å². The first kappa shape index (κ1) is 16.2. The summed E-state index contributed by atoms with van der Waals surface area (Å²) in [7, 11) is 0. The summed E-state index contributed by atoms with van der Waals surface area (Å²) in [5, 5.41) is 10.8. The van der Waals surface area contributed by atoms with Crippen molar-refractivity contribution in [2.45, 2.75) is 19.6 Å². The van der Waals surface area contributed by atoms with Crippen LogP contribution in [0.2, 0.25) is 0 Å². The van der Waals surface area contributed by atoms with Crippen molar-refractivity contribution in [2.75, 3.05) is 18.5 Å². The van der Waals surface area contributed by atoms with Gasteiger partial charge < -0.3 is 5.43 Å². The average molecular weight is 292 g/mol. The third-order valence-corrected chi connectivity index (χ3v) is 2.71. The molecule has 0 unspecified atom stereocenters. The summed E-state index contributed by atoms with van der Waals surface area (Å²) < 4.78 is 37.2. The smallest absolute Gasteiger partial charge is 0.318 e. The highest BCUT2D eigenvalue weighted by atomic mass is 19.4. The molecule has 0 fully saturated rings. The lowest BCUT2D eigenvalue weighted by atomic mass is 10.1. The summed E-state index contributed by atoms with van der Waals surface area (Å²) in [6.45, 7) is 0.568. The molecule has 0 saturated carbocycles. The van der Waals surface area contributed by atoms with E-state index >= 15 is 0 Å². The molecule has 0 aliphatic carbocycles. The summed E-state index contributed by atoms with van der Waals surface area (Å²) in [5.74, 6) is 5.24. The second-order valence-electron chi connectivity index (χ2n) is 4.13. The van der Waals surface area contributed by atoms with Crippen molar-refractivity contribution >= 4 is 11.4 Å². The van der Waals surface area contributed by atoms with E-state index in [0.29, 0.717) is 5.56 Å². The first-order valence-corrected chi connectivity index (χ1v) is 5.80. The van der Waals surface area contributed by atoms with Crippen LogP contribution < -0.4 is 11.3 Å². The van der Waals surface area contributed by atoms with Gasteiger partial charge in [-0.3, -0.25) is 20.9 Å². The van der Waals surface area contributed by atoms with Gasteiger partial charge in [0.1, 0.15) is 5.69 Å². The van der Waals surface area contributed by atoms with Gasteiger partial charge in [0.15, 0.2) is 0 Å². The van der Waals surface area contributed by atoms with Crippen molar-refractivity contribution in [3.63, 3.8) is 0 Å². The number of benzene rings is 1. The zero-order chi connectivity index (χ0) is 15.3. The van der Waals surface area contributed by atoms with E-state index in [1.54, 1.807) is 6.92 Å². The summed E-state index contributed by atoms with van der Waals surface area (Å²) in [4.78, 5) is 11.3. The topological polar surface area (TPSA) is 84.4 Å². The Morgan fingerprint density at radius 2 is 2.10 bits per heavy atom. The number of nitrogens with two attached hydrogens (primary N) is 1. The lowest BCUT2D eigenvalue weighted by Crippen LogP contribution is -2.34. The number of para-hydroxylation sites is 1. The van der Waals surface area contributed by atoms with E-state index in [2.05, 4.69) is 5.43 Å². The number of alkyl halides is 3. The standard InChI is InChI=1S/C11H15F3N4O2/c1-2-17(7-11(12,13)14)6-8-4-3-5-9(18(19)20)10(8)16-15/h3-5,16H,2,6-7,15H2,1H3. The van der Waals surface area contributed by atoms with Gasteiger partial charge in [0.05, 0.1) is 11.5 Å². The molecule has 0 aliphatic heterocycles. The highest BCUT2D eigenvalue weighted by Gasteiger charge is 2.30. The van der Waals surface area contributed by atoms with Crippen LogP contribution in [0.1, 0.15) is 12.5 Å². The molecule has 6 nitrogen and oxygen atoms in total. The molecule has 0 heterocycles. The van der Waals surface area contributed by atoms with E-state index < -0.39 is 17.6 Å². The summed E-state index contributed by atoms with van der Waals surface area (Å²) >= 11 is 0. The number of hydrogen-bond acceptors (Lipinski definition) is 5. The number of nitrogens with zero attached hydrogens (tertiary/aromatic N) is 2. The minimum absolute atomic E-state index is 0.0260. The number of halogens is 3. The molecule has 0 spiro atoms. The minimum Gasteiger partial charge on any atom is -0.318 e. The Morgan fingerprint density at radius 1 is 1.45 bits per heavy atom. The maximum Gasteiger partial charge on any atom is 0.401 e. The second-order valence-corrected chi connectivity index (χ2v) is 4.13. The molecule has 112 valence electrons. The molecule has 0 bridgehead atoms. The molecule has 3 N–H and O–H groups in total. The monoisotopic (exact) mass is 292 g/mol. The number of nitro groups is 1. The van der Waals surface area contributed by atoms with E-state index in [-0.39, 0.29) is 24.5 Å². The van der Waals surface area contributed by atoms with Crippen molar-refractivity contribution in [3.8, 4) is 0 Å². The molecule has 0 amide bonds. The Bertz CT molecular complexity index is 479. The first-order valence-electron chi connectivity index (χ1n) is 5.80. The van der Waals surface area contributed by atoms with Crippen molar-refractivity contribution in [1.82, 2.24) is 4.90 Å². The molecular formula is C11H15F3N4O2. The van der Waals surface area contributed by atoms with Crippen LogP contribution in [0, 0.1) is 10.1 Å². The van der Waals surface area contributed by atoms with E-state index in [1.165, 1.54) is 18.2 Å². The number of hydrogen-bond donors (Lipinski definition) is 2. The largest absolute Gasteiger partial charge is 0.401 e. The van der Waals surface area contributed by atoms with Crippen molar-refractivity contribution in [2.24, 2.45) is 5.84 Å². The Balaban J connectivity index is 3.01. The van der Waals surface area contributed by atoms with Gasteiger partial charge in [0.25, 0.3) is 5.69 Å². The number of nitrogens with one attached hydrogen (secondary N) is 1. The van der Waals surface area contributed by atoms with Crippen molar-refractivity contribution in [3.05, 3.63) is 33.9 Å². The Labute approximate surface area is 113 Å². The zero-order valence-electron chi connectivity index (χ0n) is 10.8. The van der Waals surface area contributed by atoms with E-state index in [1.807, 2.05) is 0 Å². The van der Waals surface area contributed by atoms with Gasteiger partial charge in [-0.1, -0.05) is 19.1 Å². The number of hydrazine groups is 1. The van der Waals surface area contributed by atoms with E-state index in [9.17, 15) is 23.3 Å². The van der Waals surface area contributed by atoms with Gasteiger partial charge in [-0.2, -0.15) is 13.2 Å². The van der Waals surface area contributed by atoms with Gasteiger partial charge in [-0.15, -0.1) is 0 Å². The Kier molecular flexibility index (Phi) is 5.28. The van der Waals surface area contributed by atoms with E-state index in [0.717, 1.165) is 4.90 Å². The maximum atomic E-state index is 12.4. The fraction of sp³-hybridized carbons (Fsp3) is 0.455. The van der Waals surface area contributed by atoms with Crippen LogP contribution in [0.4, 0.5) is 24.5 Å². The van der Waals surface area contributed by atoms with Crippen LogP contribution in [-0.4, -0.2) is 29.1 Å². The lowest BCUT2D eigenvalue weighted by Gasteiger charge is -2.23. The van der Waals surface area contributed by atoms with Gasteiger partial charge in [0.2, 0.25) is 0 Å². The van der Waals surface area contributed by atoms with E-state index in [4.69, 9.17) is 5.84 Å². The molecule has 0 aromatic heterocycles. The number of rotatable bonds is 6. The predicted octanol–water partition coefficient (Wildman–Crippen LogP) is 2.26. The SMILES string of the molecule is CCN(Cc1cccc([N+](=O)[O-])c1NN)CC(F)(F)F. The molecule has 0 aliphatic rings. The van der Waals surface area contributed by atoms with Crippen LogP contribution in [0.5, 0.6) is 0 Å². The van der Waals surface area contributed by atoms with Crippen LogP contribution in [0.3, 0.4) is 0 Å². The maximum absolute atomic E-state index is 12.4. The van der Waals surface area contributed by atoms with Crippen molar-refractivity contribution < 1.29 is 18.1 Å². The lowest BCUT2D eigenvalue weighted by molar-refractivity contribution is -0.384. The Morgan fingerprint density at radius 3 is 2.55 bits per heavy atom. The molecule has 1 rings (SSSR count).